The van der Waals surface area contributed by atoms with E-state index in [9.17, 15) is 9.90 Å². The second kappa shape index (κ2) is 9.54. The first-order chi connectivity index (χ1) is 15.0. The molecule has 0 aliphatic heterocycles. The third-order valence-corrected chi connectivity index (χ3v) is 5.82. The van der Waals surface area contributed by atoms with Gasteiger partial charge in [-0.2, -0.15) is 0 Å². The number of Topliss-reactive ketones (excluding diaryl/α,β-unsaturated/α-hetero) is 1. The highest BCUT2D eigenvalue weighted by molar-refractivity contribution is 7.99. The van der Waals surface area contributed by atoms with Crippen LogP contribution < -0.4 is 4.74 Å². The number of hydrogen-bond donors (Lipinski definition) is 1. The van der Waals surface area contributed by atoms with Gasteiger partial charge < -0.3 is 14.3 Å². The first-order valence-electron chi connectivity index (χ1n) is 10.3. The van der Waals surface area contributed by atoms with Crippen molar-refractivity contribution in [1.82, 2.24) is 4.98 Å². The van der Waals surface area contributed by atoms with E-state index >= 15 is 0 Å². The number of thioether (sulfide) groups is 1. The van der Waals surface area contributed by atoms with Crippen LogP contribution in [0.2, 0.25) is 0 Å². The van der Waals surface area contributed by atoms with Gasteiger partial charge in [-0.15, -0.1) is 0 Å². The Kier molecular flexibility index (Phi) is 6.59. The molecule has 0 fully saturated rings. The fourth-order valence-corrected chi connectivity index (χ4v) is 4.10. The molecule has 0 bridgehead atoms. The number of fused-ring (bicyclic) bond motifs is 2. The predicted octanol–water partition coefficient (Wildman–Crippen LogP) is 5.74. The molecule has 0 saturated heterocycles. The van der Waals surface area contributed by atoms with Crippen LogP contribution in [0.4, 0.5) is 0 Å². The van der Waals surface area contributed by atoms with Crippen molar-refractivity contribution in [2.24, 2.45) is 5.92 Å². The number of carbonyl (C=O) groups is 1. The van der Waals surface area contributed by atoms with E-state index in [1.165, 1.54) is 11.8 Å². The number of oxazole rings is 1. The molecule has 1 aromatic heterocycles. The highest BCUT2D eigenvalue weighted by atomic mass is 32.2. The first kappa shape index (κ1) is 21.4. The number of nitrogens with zero attached hydrogens (tertiary/aromatic N) is 1. The summed E-state index contributed by atoms with van der Waals surface area (Å²) < 4.78 is 11.6. The van der Waals surface area contributed by atoms with Gasteiger partial charge in [0.1, 0.15) is 17.9 Å². The Labute approximate surface area is 185 Å². The average Bonchev–Trinajstić information content (AvgIpc) is 3.16. The van der Waals surface area contributed by atoms with Crippen LogP contribution in [-0.2, 0) is 0 Å². The van der Waals surface area contributed by atoms with E-state index in [1.807, 2.05) is 62.4 Å². The minimum atomic E-state index is -0.729. The van der Waals surface area contributed by atoms with Crippen LogP contribution in [0.25, 0.3) is 21.9 Å². The second-order valence-corrected chi connectivity index (χ2v) is 8.91. The third kappa shape index (κ3) is 5.27. The molecule has 1 unspecified atom stereocenters. The molecule has 3 aromatic carbocycles. The molecule has 0 aliphatic carbocycles. The molecule has 0 amide bonds. The number of hydrogen-bond acceptors (Lipinski definition) is 6. The molecule has 0 spiro atoms. The van der Waals surface area contributed by atoms with E-state index in [-0.39, 0.29) is 18.3 Å². The highest BCUT2D eigenvalue weighted by Gasteiger charge is 2.16. The molecule has 1 heterocycles. The minimum absolute atomic E-state index is 0.0494. The third-order valence-electron chi connectivity index (χ3n) is 4.85. The fraction of sp³-hybridized carbons (Fsp3) is 0.280. The molecule has 4 aromatic rings. The van der Waals surface area contributed by atoms with Crippen molar-refractivity contribution in [2.45, 2.75) is 31.6 Å². The summed E-state index contributed by atoms with van der Waals surface area (Å²) in [6.45, 7) is 4.11. The van der Waals surface area contributed by atoms with Gasteiger partial charge in [0.05, 0.1) is 11.7 Å². The molecule has 1 atom stereocenters. The van der Waals surface area contributed by atoms with Crippen molar-refractivity contribution in [2.75, 3.05) is 12.4 Å². The summed E-state index contributed by atoms with van der Waals surface area (Å²) in [6, 6.07) is 19.2. The number of para-hydroxylation sites is 1. The summed E-state index contributed by atoms with van der Waals surface area (Å²) in [7, 11) is 0. The SMILES string of the molecule is CC(C)CC(=O)c1ccccc1OCC(O)CSc1nc2cc3ccccc3cc2o1. The van der Waals surface area contributed by atoms with Crippen LogP contribution >= 0.6 is 11.8 Å². The maximum Gasteiger partial charge on any atom is 0.256 e. The molecular formula is C25H25NO4S. The van der Waals surface area contributed by atoms with Gasteiger partial charge in [0.15, 0.2) is 11.4 Å². The quantitative estimate of drug-likeness (QED) is 0.267. The van der Waals surface area contributed by atoms with Crippen LogP contribution in [0.1, 0.15) is 30.6 Å². The van der Waals surface area contributed by atoms with E-state index in [0.717, 1.165) is 21.9 Å². The second-order valence-electron chi connectivity index (χ2n) is 7.94. The molecule has 0 aliphatic rings. The fourth-order valence-electron chi connectivity index (χ4n) is 3.36. The maximum absolute atomic E-state index is 12.4. The number of ether oxygens (including phenoxy) is 1. The number of ketones is 1. The molecule has 160 valence electrons. The van der Waals surface area contributed by atoms with Crippen LogP contribution in [0.15, 0.2) is 70.3 Å². The van der Waals surface area contributed by atoms with Gasteiger partial charge >= 0.3 is 0 Å². The topological polar surface area (TPSA) is 72.6 Å². The van der Waals surface area contributed by atoms with Crippen LogP contribution in [0, 0.1) is 5.92 Å². The Morgan fingerprint density at radius 3 is 2.58 bits per heavy atom. The Morgan fingerprint density at radius 2 is 1.81 bits per heavy atom. The van der Waals surface area contributed by atoms with Crippen LogP contribution in [0.5, 0.6) is 5.75 Å². The summed E-state index contributed by atoms with van der Waals surface area (Å²) in [5.74, 6) is 1.20. The number of aliphatic hydroxyl groups is 1. The molecule has 5 nitrogen and oxygen atoms in total. The molecule has 4 rings (SSSR count). The van der Waals surface area contributed by atoms with E-state index in [0.29, 0.717) is 28.7 Å². The summed E-state index contributed by atoms with van der Waals surface area (Å²) >= 11 is 1.34. The monoisotopic (exact) mass is 435 g/mol. The van der Waals surface area contributed by atoms with Gasteiger partial charge in [-0.1, -0.05) is 62.0 Å². The summed E-state index contributed by atoms with van der Waals surface area (Å²) in [5, 5.41) is 13.1. The summed E-state index contributed by atoms with van der Waals surface area (Å²) in [4.78, 5) is 17.0. The normalized spacial score (nSPS) is 12.5. The van der Waals surface area contributed by atoms with Gasteiger partial charge in [-0.3, -0.25) is 4.79 Å². The van der Waals surface area contributed by atoms with E-state index in [2.05, 4.69) is 4.98 Å². The minimum Gasteiger partial charge on any atom is -0.490 e. The van der Waals surface area contributed by atoms with Gasteiger partial charge in [0, 0.05) is 12.2 Å². The van der Waals surface area contributed by atoms with Crippen LogP contribution in [-0.4, -0.2) is 34.3 Å². The molecule has 31 heavy (non-hydrogen) atoms. The lowest BCUT2D eigenvalue weighted by Crippen LogP contribution is -2.21. The Hall–Kier alpha value is -2.83. The summed E-state index contributed by atoms with van der Waals surface area (Å²) in [6.07, 6.45) is -0.266. The lowest BCUT2D eigenvalue weighted by molar-refractivity contribution is 0.0953. The first-order valence-corrected chi connectivity index (χ1v) is 11.3. The lowest BCUT2D eigenvalue weighted by Gasteiger charge is -2.14. The largest absolute Gasteiger partial charge is 0.490 e. The Morgan fingerprint density at radius 1 is 1.10 bits per heavy atom. The zero-order valence-corrected chi connectivity index (χ0v) is 18.4. The molecule has 0 saturated carbocycles. The molecule has 6 heteroatoms. The zero-order valence-electron chi connectivity index (χ0n) is 17.6. The van der Waals surface area contributed by atoms with Gasteiger partial charge in [0.2, 0.25) is 0 Å². The Balaban J connectivity index is 1.36. The maximum atomic E-state index is 12.4. The van der Waals surface area contributed by atoms with Crippen molar-refractivity contribution in [3.05, 3.63) is 66.2 Å². The molecule has 1 N–H and O–H groups in total. The van der Waals surface area contributed by atoms with E-state index < -0.39 is 6.10 Å². The number of aliphatic hydroxyl groups excluding tert-OH is 1. The molecule has 0 radical (unpaired) electrons. The number of benzene rings is 3. The zero-order chi connectivity index (χ0) is 21.8. The number of carbonyl (C=O) groups excluding carboxylic acids is 1. The van der Waals surface area contributed by atoms with Gasteiger partial charge in [0.25, 0.3) is 5.22 Å². The Bertz CT molecular complexity index is 1150. The van der Waals surface area contributed by atoms with Gasteiger partial charge in [-0.05, 0) is 41.0 Å². The van der Waals surface area contributed by atoms with Gasteiger partial charge in [-0.25, -0.2) is 4.98 Å². The van der Waals surface area contributed by atoms with E-state index in [1.54, 1.807) is 12.1 Å². The number of aromatic nitrogens is 1. The predicted molar refractivity (Wildman–Crippen MR) is 124 cm³/mol. The van der Waals surface area contributed by atoms with Crippen molar-refractivity contribution in [3.8, 4) is 5.75 Å². The van der Waals surface area contributed by atoms with Crippen molar-refractivity contribution in [1.29, 1.82) is 0 Å². The van der Waals surface area contributed by atoms with Crippen LogP contribution in [0.3, 0.4) is 0 Å². The van der Waals surface area contributed by atoms with Crippen molar-refractivity contribution in [3.63, 3.8) is 0 Å². The van der Waals surface area contributed by atoms with Crippen molar-refractivity contribution >= 4 is 39.4 Å². The number of rotatable bonds is 9. The lowest BCUT2D eigenvalue weighted by atomic mass is 10.0. The van der Waals surface area contributed by atoms with E-state index in [4.69, 9.17) is 9.15 Å². The standard InChI is InChI=1S/C25H25NO4S/c1-16(2)11-22(28)20-9-5-6-10-23(20)29-14-19(27)15-31-25-26-21-12-17-7-3-4-8-18(17)13-24(21)30-25/h3-10,12-13,16,19,27H,11,14-15H2,1-2H3. The summed E-state index contributed by atoms with van der Waals surface area (Å²) in [5.41, 5.74) is 2.08. The smallest absolute Gasteiger partial charge is 0.256 e. The highest BCUT2D eigenvalue weighted by Crippen LogP contribution is 2.28. The van der Waals surface area contributed by atoms with Crippen molar-refractivity contribution < 1.29 is 19.1 Å². The molecular weight excluding hydrogens is 410 g/mol. The average molecular weight is 436 g/mol.